The zero-order valence-corrected chi connectivity index (χ0v) is 18.0. The van der Waals surface area contributed by atoms with Crippen molar-refractivity contribution in [2.45, 2.75) is 0 Å². The molecule has 0 fully saturated rings. The van der Waals surface area contributed by atoms with Crippen LogP contribution in [0.4, 0.5) is 5.13 Å². The van der Waals surface area contributed by atoms with E-state index in [9.17, 15) is 14.4 Å². The van der Waals surface area contributed by atoms with Gasteiger partial charge in [0.15, 0.2) is 5.13 Å². The molecule has 1 amide bonds. The number of thiazole rings is 1. The van der Waals surface area contributed by atoms with Gasteiger partial charge in [0.2, 0.25) is 11.2 Å². The first-order valence-electron chi connectivity index (χ1n) is 10.1. The van der Waals surface area contributed by atoms with E-state index in [-0.39, 0.29) is 16.5 Å². The summed E-state index contributed by atoms with van der Waals surface area (Å²) in [6, 6.07) is 24.9. The first-order chi connectivity index (χ1) is 16.1. The van der Waals surface area contributed by atoms with E-state index in [1.54, 1.807) is 48.5 Å². The van der Waals surface area contributed by atoms with Crippen LogP contribution in [0.5, 0.6) is 0 Å². The molecule has 0 aliphatic carbocycles. The zero-order chi connectivity index (χ0) is 22.8. The number of nitrogens with one attached hydrogen (secondary N) is 1. The number of carbonyl (C=O) groups excluding carboxylic acids is 2. The third-order valence-corrected chi connectivity index (χ3v) is 6.03. The second kappa shape index (κ2) is 8.64. The summed E-state index contributed by atoms with van der Waals surface area (Å²) in [6.07, 6.45) is 1.14. The molecule has 0 saturated carbocycles. The van der Waals surface area contributed by atoms with Crippen molar-refractivity contribution in [2.75, 3.05) is 5.32 Å². The number of anilines is 1. The van der Waals surface area contributed by atoms with E-state index in [0.717, 1.165) is 23.2 Å². The van der Waals surface area contributed by atoms with Gasteiger partial charge in [0.05, 0.1) is 11.1 Å². The minimum absolute atomic E-state index is 0.138. The number of fused-ring (bicyclic) bond motifs is 1. The van der Waals surface area contributed by atoms with Crippen LogP contribution in [0.1, 0.15) is 25.6 Å². The van der Waals surface area contributed by atoms with Crippen molar-refractivity contribution in [3.05, 3.63) is 117 Å². The lowest BCUT2D eigenvalue weighted by atomic mass is 10.1. The Labute approximate surface area is 192 Å². The number of hydrogen-bond donors (Lipinski definition) is 1. The van der Waals surface area contributed by atoms with Gasteiger partial charge < -0.3 is 4.42 Å². The largest absolute Gasteiger partial charge is 0.463 e. The van der Waals surface area contributed by atoms with Crippen LogP contribution < -0.4 is 10.7 Å². The maximum Gasteiger partial charge on any atom is 0.264 e. The van der Waals surface area contributed by atoms with Gasteiger partial charge in [0.25, 0.3) is 5.91 Å². The van der Waals surface area contributed by atoms with Gasteiger partial charge in [-0.05, 0) is 12.1 Å². The second-order valence-electron chi connectivity index (χ2n) is 7.19. The molecule has 0 atom stereocenters. The molecule has 7 heteroatoms. The van der Waals surface area contributed by atoms with Gasteiger partial charge in [-0.25, -0.2) is 4.98 Å². The fraction of sp³-hybridized carbons (Fsp3) is 0. The van der Waals surface area contributed by atoms with Gasteiger partial charge in [0, 0.05) is 11.1 Å². The molecule has 0 saturated heterocycles. The summed E-state index contributed by atoms with van der Waals surface area (Å²) in [5.41, 5.74) is 1.56. The standard InChI is InChI=1S/C26H16N2O4S/c29-22(17-11-5-2-6-12-17)24-21(16-9-3-1-4-10-16)27-26(33-24)28-25(31)19-15-32-20-14-8-7-13-18(20)23(19)30/h1-15H,(H,27,28,31). The maximum absolute atomic E-state index is 13.2. The van der Waals surface area contributed by atoms with Crippen LogP contribution in [0, 0.1) is 0 Å². The Morgan fingerprint density at radius 3 is 2.27 bits per heavy atom. The quantitative estimate of drug-likeness (QED) is 0.361. The van der Waals surface area contributed by atoms with Gasteiger partial charge in [-0.2, -0.15) is 0 Å². The molecule has 5 aromatic rings. The van der Waals surface area contributed by atoms with Crippen molar-refractivity contribution in [3.63, 3.8) is 0 Å². The molecule has 0 spiro atoms. The van der Waals surface area contributed by atoms with Crippen molar-refractivity contribution < 1.29 is 14.0 Å². The zero-order valence-electron chi connectivity index (χ0n) is 17.1. The fourth-order valence-corrected chi connectivity index (χ4v) is 4.38. The Kier molecular flexibility index (Phi) is 5.38. The van der Waals surface area contributed by atoms with Crippen LogP contribution in [0.25, 0.3) is 22.2 Å². The molecular formula is C26H16N2O4S. The summed E-state index contributed by atoms with van der Waals surface area (Å²) >= 11 is 1.06. The van der Waals surface area contributed by atoms with Crippen molar-refractivity contribution >= 4 is 39.1 Å². The molecule has 0 aliphatic heterocycles. The molecule has 0 aliphatic rings. The molecule has 0 bridgehead atoms. The van der Waals surface area contributed by atoms with Gasteiger partial charge in [0.1, 0.15) is 22.3 Å². The van der Waals surface area contributed by atoms with Crippen molar-refractivity contribution in [1.82, 2.24) is 4.98 Å². The Balaban J connectivity index is 1.53. The Morgan fingerprint density at radius 2 is 1.52 bits per heavy atom. The average Bonchev–Trinajstić information content (AvgIpc) is 3.28. The minimum atomic E-state index is -0.651. The number of amides is 1. The molecule has 160 valence electrons. The lowest BCUT2D eigenvalue weighted by molar-refractivity contribution is 0.102. The molecule has 0 radical (unpaired) electrons. The second-order valence-corrected chi connectivity index (χ2v) is 8.19. The summed E-state index contributed by atoms with van der Waals surface area (Å²) in [4.78, 5) is 43.8. The highest BCUT2D eigenvalue weighted by Crippen LogP contribution is 2.33. The lowest BCUT2D eigenvalue weighted by Gasteiger charge is -2.02. The summed E-state index contributed by atoms with van der Waals surface area (Å²) in [7, 11) is 0. The monoisotopic (exact) mass is 452 g/mol. The van der Waals surface area contributed by atoms with Crippen LogP contribution in [0.2, 0.25) is 0 Å². The van der Waals surface area contributed by atoms with E-state index in [1.807, 2.05) is 36.4 Å². The summed E-state index contributed by atoms with van der Waals surface area (Å²) in [5.74, 6) is -0.848. The third-order valence-electron chi connectivity index (χ3n) is 5.06. The highest BCUT2D eigenvalue weighted by Gasteiger charge is 2.23. The Bertz CT molecular complexity index is 1540. The van der Waals surface area contributed by atoms with E-state index in [1.165, 1.54) is 0 Å². The molecule has 3 aromatic carbocycles. The van der Waals surface area contributed by atoms with Crippen molar-refractivity contribution in [1.29, 1.82) is 0 Å². The van der Waals surface area contributed by atoms with Crippen molar-refractivity contribution in [3.8, 4) is 11.3 Å². The number of aromatic nitrogens is 1. The number of carbonyl (C=O) groups is 2. The van der Waals surface area contributed by atoms with E-state index < -0.39 is 11.3 Å². The maximum atomic E-state index is 13.2. The van der Waals surface area contributed by atoms with Crippen LogP contribution in [0.3, 0.4) is 0 Å². The van der Waals surface area contributed by atoms with E-state index in [0.29, 0.717) is 27.1 Å². The molecule has 5 rings (SSSR count). The number of rotatable bonds is 5. The first kappa shape index (κ1) is 20.5. The number of benzene rings is 3. The molecule has 33 heavy (non-hydrogen) atoms. The summed E-state index contributed by atoms with van der Waals surface area (Å²) in [5, 5.41) is 3.18. The highest BCUT2D eigenvalue weighted by molar-refractivity contribution is 7.18. The van der Waals surface area contributed by atoms with E-state index >= 15 is 0 Å². The highest BCUT2D eigenvalue weighted by atomic mass is 32.1. The topological polar surface area (TPSA) is 89.3 Å². The average molecular weight is 452 g/mol. The predicted octanol–water partition coefficient (Wildman–Crippen LogP) is 5.40. The third kappa shape index (κ3) is 3.97. The van der Waals surface area contributed by atoms with Crippen LogP contribution in [-0.2, 0) is 0 Å². The molecule has 2 heterocycles. The molecule has 2 aromatic heterocycles. The van der Waals surface area contributed by atoms with Crippen LogP contribution >= 0.6 is 11.3 Å². The van der Waals surface area contributed by atoms with Gasteiger partial charge in [-0.3, -0.25) is 19.7 Å². The van der Waals surface area contributed by atoms with E-state index in [2.05, 4.69) is 10.3 Å². The fourth-order valence-electron chi connectivity index (χ4n) is 3.44. The SMILES string of the molecule is O=C(c1ccccc1)c1sc(NC(=O)c2coc3ccccc3c2=O)nc1-c1ccccc1. The molecule has 0 unspecified atom stereocenters. The normalized spacial score (nSPS) is 10.8. The van der Waals surface area contributed by atoms with Crippen LogP contribution in [0.15, 0.2) is 100 Å². The number of hydrogen-bond acceptors (Lipinski definition) is 6. The van der Waals surface area contributed by atoms with Gasteiger partial charge in [-0.1, -0.05) is 84.1 Å². The van der Waals surface area contributed by atoms with Gasteiger partial charge >= 0.3 is 0 Å². The summed E-state index contributed by atoms with van der Waals surface area (Å²) in [6.45, 7) is 0. The molecule has 6 nitrogen and oxygen atoms in total. The Hall–Kier alpha value is -4.36. The number of nitrogens with zero attached hydrogens (tertiary/aromatic N) is 1. The summed E-state index contributed by atoms with van der Waals surface area (Å²) < 4.78 is 5.44. The van der Waals surface area contributed by atoms with Crippen molar-refractivity contribution in [2.24, 2.45) is 0 Å². The predicted molar refractivity (Wildman–Crippen MR) is 128 cm³/mol. The number of ketones is 1. The molecular weight excluding hydrogens is 436 g/mol. The first-order valence-corrected chi connectivity index (χ1v) is 10.9. The number of para-hydroxylation sites is 1. The lowest BCUT2D eigenvalue weighted by Crippen LogP contribution is -2.21. The molecule has 1 N–H and O–H groups in total. The smallest absolute Gasteiger partial charge is 0.264 e. The van der Waals surface area contributed by atoms with E-state index in [4.69, 9.17) is 4.42 Å². The van der Waals surface area contributed by atoms with Gasteiger partial charge in [-0.15, -0.1) is 0 Å². The Morgan fingerprint density at radius 1 is 0.848 bits per heavy atom. The minimum Gasteiger partial charge on any atom is -0.463 e. The van der Waals surface area contributed by atoms with Crippen LogP contribution in [-0.4, -0.2) is 16.7 Å².